The van der Waals surface area contributed by atoms with E-state index < -0.39 is 4.92 Å². The minimum atomic E-state index is -0.504. The van der Waals surface area contributed by atoms with Gasteiger partial charge in [0.1, 0.15) is 0 Å². The van der Waals surface area contributed by atoms with Gasteiger partial charge in [0.15, 0.2) is 0 Å². The maximum Gasteiger partial charge on any atom is 0.269 e. The zero-order valence-electron chi connectivity index (χ0n) is 14.8. The van der Waals surface area contributed by atoms with Gasteiger partial charge in [-0.15, -0.1) is 11.8 Å². The number of non-ortho nitro benzene ring substituents is 1. The van der Waals surface area contributed by atoms with Crippen LogP contribution in [0.5, 0.6) is 0 Å². The van der Waals surface area contributed by atoms with Crippen LogP contribution in [-0.2, 0) is 9.59 Å². The molecule has 7 nitrogen and oxygen atoms in total. The summed E-state index contributed by atoms with van der Waals surface area (Å²) in [5.74, 6) is -0.233. The fourth-order valence-corrected chi connectivity index (χ4v) is 3.18. The maximum absolute atomic E-state index is 12.1. The number of carbonyl (C=O) groups excluding carboxylic acids is 2. The van der Waals surface area contributed by atoms with Crippen LogP contribution in [0, 0.1) is 10.1 Å². The summed E-state index contributed by atoms with van der Waals surface area (Å²) in [6, 6.07) is 19.1. The molecule has 8 heteroatoms. The van der Waals surface area contributed by atoms with Crippen LogP contribution in [0.2, 0.25) is 0 Å². The van der Waals surface area contributed by atoms with Gasteiger partial charge in [-0.3, -0.25) is 19.7 Å². The zero-order chi connectivity index (χ0) is 19.9. The standard InChI is InChI=1S/C20H17N3O4S/c24-19(21-16-7-9-18(10-8-16)23(26)27)12-28-13-20(25)22-17-6-5-14-3-1-2-4-15(14)11-17/h1-11H,12-13H2,(H,21,24)(H,22,25). The highest BCUT2D eigenvalue weighted by molar-refractivity contribution is 8.00. The van der Waals surface area contributed by atoms with Gasteiger partial charge in [0.25, 0.3) is 5.69 Å². The number of amides is 2. The van der Waals surface area contributed by atoms with Crippen molar-refractivity contribution in [2.75, 3.05) is 22.1 Å². The van der Waals surface area contributed by atoms with Gasteiger partial charge in [-0.2, -0.15) is 0 Å². The van der Waals surface area contributed by atoms with Crippen molar-refractivity contribution in [1.82, 2.24) is 0 Å². The molecule has 0 atom stereocenters. The number of rotatable bonds is 7. The van der Waals surface area contributed by atoms with Crippen molar-refractivity contribution in [3.63, 3.8) is 0 Å². The third-order valence-corrected chi connectivity index (χ3v) is 4.79. The van der Waals surface area contributed by atoms with Gasteiger partial charge >= 0.3 is 0 Å². The van der Waals surface area contributed by atoms with E-state index >= 15 is 0 Å². The molecule has 3 aromatic rings. The van der Waals surface area contributed by atoms with Gasteiger partial charge in [-0.1, -0.05) is 30.3 Å². The molecule has 0 fully saturated rings. The smallest absolute Gasteiger partial charge is 0.269 e. The molecule has 0 radical (unpaired) electrons. The zero-order valence-corrected chi connectivity index (χ0v) is 15.6. The molecule has 0 aromatic heterocycles. The lowest BCUT2D eigenvalue weighted by atomic mass is 10.1. The lowest BCUT2D eigenvalue weighted by Gasteiger charge is -2.07. The maximum atomic E-state index is 12.1. The average molecular weight is 395 g/mol. The number of carbonyl (C=O) groups is 2. The molecule has 2 amide bonds. The lowest BCUT2D eigenvalue weighted by Crippen LogP contribution is -2.18. The fraction of sp³-hybridized carbons (Fsp3) is 0.100. The first-order valence-electron chi connectivity index (χ1n) is 8.42. The fourth-order valence-electron chi connectivity index (χ4n) is 2.56. The van der Waals surface area contributed by atoms with Crippen molar-refractivity contribution < 1.29 is 14.5 Å². The summed E-state index contributed by atoms with van der Waals surface area (Å²) in [6.07, 6.45) is 0. The van der Waals surface area contributed by atoms with Crippen LogP contribution in [-0.4, -0.2) is 28.2 Å². The summed E-state index contributed by atoms with van der Waals surface area (Å²) in [4.78, 5) is 34.1. The second-order valence-electron chi connectivity index (χ2n) is 5.96. The molecule has 0 aliphatic heterocycles. The Labute approximate surface area is 165 Å². The van der Waals surface area contributed by atoms with E-state index in [0.717, 1.165) is 10.8 Å². The van der Waals surface area contributed by atoms with E-state index in [1.807, 2.05) is 42.5 Å². The number of benzene rings is 3. The molecular weight excluding hydrogens is 378 g/mol. The Kier molecular flexibility index (Phi) is 6.23. The predicted octanol–water partition coefficient (Wildman–Crippen LogP) is 4.06. The Bertz CT molecular complexity index is 1020. The molecule has 142 valence electrons. The van der Waals surface area contributed by atoms with Crippen molar-refractivity contribution in [1.29, 1.82) is 0 Å². The van der Waals surface area contributed by atoms with Crippen LogP contribution >= 0.6 is 11.8 Å². The van der Waals surface area contributed by atoms with Gasteiger partial charge in [0.2, 0.25) is 11.8 Å². The minimum Gasteiger partial charge on any atom is -0.325 e. The van der Waals surface area contributed by atoms with E-state index in [1.54, 1.807) is 0 Å². The van der Waals surface area contributed by atoms with Gasteiger partial charge in [-0.05, 0) is 35.0 Å². The second-order valence-corrected chi connectivity index (χ2v) is 6.94. The Morgan fingerprint density at radius 2 is 1.39 bits per heavy atom. The highest BCUT2D eigenvalue weighted by Crippen LogP contribution is 2.19. The highest BCUT2D eigenvalue weighted by atomic mass is 32.2. The Hall–Kier alpha value is -3.39. The first-order chi connectivity index (χ1) is 13.5. The third kappa shape index (κ3) is 5.31. The lowest BCUT2D eigenvalue weighted by molar-refractivity contribution is -0.384. The molecule has 0 spiro atoms. The Morgan fingerprint density at radius 3 is 2.04 bits per heavy atom. The van der Waals surface area contributed by atoms with Gasteiger partial charge in [0, 0.05) is 23.5 Å². The van der Waals surface area contributed by atoms with Crippen molar-refractivity contribution in [2.45, 2.75) is 0 Å². The molecule has 0 heterocycles. The molecule has 0 saturated heterocycles. The Morgan fingerprint density at radius 1 is 0.821 bits per heavy atom. The number of anilines is 2. The highest BCUT2D eigenvalue weighted by Gasteiger charge is 2.09. The number of nitro groups is 1. The number of thioether (sulfide) groups is 1. The van der Waals surface area contributed by atoms with Crippen molar-refractivity contribution >= 4 is 51.4 Å². The Balaban J connectivity index is 1.43. The molecular formula is C20H17N3O4S. The first-order valence-corrected chi connectivity index (χ1v) is 9.57. The number of hydrogen-bond donors (Lipinski definition) is 2. The van der Waals surface area contributed by atoms with E-state index in [1.165, 1.54) is 36.0 Å². The number of nitro benzene ring substituents is 1. The van der Waals surface area contributed by atoms with Crippen molar-refractivity contribution in [3.05, 3.63) is 76.8 Å². The van der Waals surface area contributed by atoms with E-state index in [0.29, 0.717) is 11.4 Å². The van der Waals surface area contributed by atoms with Gasteiger partial charge in [-0.25, -0.2) is 0 Å². The molecule has 2 N–H and O–H groups in total. The van der Waals surface area contributed by atoms with Crippen molar-refractivity contribution in [2.24, 2.45) is 0 Å². The normalized spacial score (nSPS) is 10.4. The monoisotopic (exact) mass is 395 g/mol. The topological polar surface area (TPSA) is 101 Å². The van der Waals surface area contributed by atoms with Crippen LogP contribution in [0.3, 0.4) is 0 Å². The average Bonchev–Trinajstić information content (AvgIpc) is 2.68. The molecule has 0 bridgehead atoms. The van der Waals surface area contributed by atoms with E-state index in [-0.39, 0.29) is 29.0 Å². The number of hydrogen-bond acceptors (Lipinski definition) is 5. The second kappa shape index (κ2) is 9.01. The van der Waals surface area contributed by atoms with Crippen LogP contribution in [0.1, 0.15) is 0 Å². The number of nitrogens with one attached hydrogen (secondary N) is 2. The predicted molar refractivity (Wildman–Crippen MR) is 112 cm³/mol. The van der Waals surface area contributed by atoms with Crippen LogP contribution < -0.4 is 10.6 Å². The van der Waals surface area contributed by atoms with Crippen LogP contribution in [0.15, 0.2) is 66.7 Å². The minimum absolute atomic E-state index is 0.0438. The number of fused-ring (bicyclic) bond motifs is 1. The molecule has 3 rings (SSSR count). The van der Waals surface area contributed by atoms with Gasteiger partial charge < -0.3 is 10.6 Å². The summed E-state index contributed by atoms with van der Waals surface area (Å²) in [5, 5.41) is 18.2. The molecule has 0 aliphatic carbocycles. The quantitative estimate of drug-likeness (QED) is 0.464. The molecule has 0 aliphatic rings. The SMILES string of the molecule is O=C(CSCC(=O)Nc1ccc2ccccc2c1)Nc1ccc([N+](=O)[O-])cc1. The van der Waals surface area contributed by atoms with Gasteiger partial charge in [0.05, 0.1) is 16.4 Å². The third-order valence-electron chi connectivity index (χ3n) is 3.86. The van der Waals surface area contributed by atoms with Crippen molar-refractivity contribution in [3.8, 4) is 0 Å². The largest absolute Gasteiger partial charge is 0.325 e. The summed E-state index contributed by atoms with van der Waals surface area (Å²) in [5.41, 5.74) is 1.13. The first kappa shape index (κ1) is 19.4. The van der Waals surface area contributed by atoms with Crippen LogP contribution in [0.4, 0.5) is 17.1 Å². The van der Waals surface area contributed by atoms with Crippen LogP contribution in [0.25, 0.3) is 10.8 Å². The summed E-state index contributed by atoms with van der Waals surface area (Å²) >= 11 is 1.19. The number of nitrogens with zero attached hydrogens (tertiary/aromatic N) is 1. The molecule has 0 saturated carbocycles. The summed E-state index contributed by atoms with van der Waals surface area (Å²) in [6.45, 7) is 0. The van der Waals surface area contributed by atoms with E-state index in [2.05, 4.69) is 10.6 Å². The van der Waals surface area contributed by atoms with E-state index in [4.69, 9.17) is 0 Å². The van der Waals surface area contributed by atoms with E-state index in [9.17, 15) is 19.7 Å². The molecule has 3 aromatic carbocycles. The summed E-state index contributed by atoms with van der Waals surface area (Å²) in [7, 11) is 0. The molecule has 0 unspecified atom stereocenters. The summed E-state index contributed by atoms with van der Waals surface area (Å²) < 4.78 is 0. The molecule has 28 heavy (non-hydrogen) atoms.